The van der Waals surface area contributed by atoms with Crippen LogP contribution in [0.15, 0.2) is 48.7 Å². The molecule has 1 amide bonds. The predicted molar refractivity (Wildman–Crippen MR) is 101 cm³/mol. The van der Waals surface area contributed by atoms with Gasteiger partial charge in [-0.25, -0.2) is 4.68 Å². The number of amides is 1. The lowest BCUT2D eigenvalue weighted by Crippen LogP contribution is -2.23. The second kappa shape index (κ2) is 8.35. The van der Waals surface area contributed by atoms with Gasteiger partial charge in [-0.1, -0.05) is 24.3 Å². The molecule has 0 saturated heterocycles. The molecule has 0 saturated carbocycles. The number of rotatable bonds is 7. The van der Waals surface area contributed by atoms with Crippen LogP contribution < -0.4 is 14.8 Å². The molecular weight excluding hydrogens is 344 g/mol. The number of carbonyl (C=O) groups is 1. The summed E-state index contributed by atoms with van der Waals surface area (Å²) in [6.07, 6.45) is 2.58. The molecule has 0 aliphatic heterocycles. The molecular formula is C20H22N4O3. The summed E-state index contributed by atoms with van der Waals surface area (Å²) in [5.41, 5.74) is 3.19. The first kappa shape index (κ1) is 18.4. The van der Waals surface area contributed by atoms with E-state index in [1.54, 1.807) is 31.2 Å². The van der Waals surface area contributed by atoms with E-state index in [4.69, 9.17) is 9.47 Å². The average molecular weight is 366 g/mol. The Morgan fingerprint density at radius 2 is 1.89 bits per heavy atom. The lowest BCUT2D eigenvalue weighted by atomic mass is 10.1. The van der Waals surface area contributed by atoms with Gasteiger partial charge in [-0.05, 0) is 36.2 Å². The molecule has 0 bridgehead atoms. The first-order valence-electron chi connectivity index (χ1n) is 8.65. The number of hydrogen-bond acceptors (Lipinski definition) is 5. The number of benzene rings is 2. The molecule has 2 aromatic carbocycles. The summed E-state index contributed by atoms with van der Waals surface area (Å²) >= 11 is 0. The van der Waals surface area contributed by atoms with Crippen LogP contribution in [0.1, 0.15) is 28.5 Å². The van der Waals surface area contributed by atoms with Crippen LogP contribution in [0.3, 0.4) is 0 Å². The molecule has 1 N–H and O–H groups in total. The Morgan fingerprint density at radius 3 is 2.56 bits per heavy atom. The number of aromatic nitrogens is 3. The summed E-state index contributed by atoms with van der Waals surface area (Å²) in [7, 11) is 3.17. The van der Waals surface area contributed by atoms with Crippen molar-refractivity contribution < 1.29 is 14.3 Å². The Kier molecular flexibility index (Phi) is 5.71. The molecule has 1 heterocycles. The number of hydrogen-bond donors (Lipinski definition) is 1. The number of carbonyl (C=O) groups excluding carboxylic acids is 1. The van der Waals surface area contributed by atoms with Gasteiger partial charge in [-0.15, -0.1) is 5.10 Å². The molecule has 140 valence electrons. The molecule has 7 heteroatoms. The predicted octanol–water partition coefficient (Wildman–Crippen LogP) is 2.78. The van der Waals surface area contributed by atoms with Crippen molar-refractivity contribution in [1.29, 1.82) is 0 Å². The third kappa shape index (κ3) is 4.25. The van der Waals surface area contributed by atoms with E-state index >= 15 is 0 Å². The Hall–Kier alpha value is -3.35. The Labute approximate surface area is 157 Å². The van der Waals surface area contributed by atoms with Gasteiger partial charge in [-0.3, -0.25) is 4.79 Å². The van der Waals surface area contributed by atoms with Crippen molar-refractivity contribution in [1.82, 2.24) is 20.3 Å². The molecule has 0 spiro atoms. The summed E-state index contributed by atoms with van der Waals surface area (Å²) < 4.78 is 12.1. The fraction of sp³-hybridized carbons (Fsp3) is 0.250. The third-order valence-corrected chi connectivity index (χ3v) is 4.27. The number of aryl methyl sites for hydroxylation is 1. The van der Waals surface area contributed by atoms with E-state index < -0.39 is 0 Å². The van der Waals surface area contributed by atoms with Gasteiger partial charge in [0, 0.05) is 18.2 Å². The maximum Gasteiger partial charge on any atom is 0.273 e. The third-order valence-electron chi connectivity index (χ3n) is 4.27. The van der Waals surface area contributed by atoms with E-state index in [0.29, 0.717) is 18.0 Å². The van der Waals surface area contributed by atoms with Crippen LogP contribution in [-0.4, -0.2) is 35.1 Å². The van der Waals surface area contributed by atoms with Gasteiger partial charge in [0.25, 0.3) is 5.91 Å². The van der Waals surface area contributed by atoms with Crippen molar-refractivity contribution in [2.75, 3.05) is 14.2 Å². The van der Waals surface area contributed by atoms with E-state index in [9.17, 15) is 4.79 Å². The lowest BCUT2D eigenvalue weighted by Gasteiger charge is -2.10. The molecule has 0 unspecified atom stereocenters. The van der Waals surface area contributed by atoms with E-state index in [2.05, 4.69) is 22.6 Å². The fourth-order valence-corrected chi connectivity index (χ4v) is 2.64. The molecule has 0 aliphatic rings. The van der Waals surface area contributed by atoms with Crippen LogP contribution in [0.4, 0.5) is 0 Å². The van der Waals surface area contributed by atoms with Crippen molar-refractivity contribution in [3.05, 3.63) is 65.5 Å². The Morgan fingerprint density at radius 1 is 1.11 bits per heavy atom. The summed E-state index contributed by atoms with van der Waals surface area (Å²) in [5, 5.41) is 10.8. The van der Waals surface area contributed by atoms with Gasteiger partial charge in [0.15, 0.2) is 5.69 Å². The highest BCUT2D eigenvalue weighted by molar-refractivity contribution is 5.91. The normalized spacial score (nSPS) is 10.5. The number of nitrogens with zero attached hydrogens (tertiary/aromatic N) is 3. The highest BCUT2D eigenvalue weighted by atomic mass is 16.5. The summed E-state index contributed by atoms with van der Waals surface area (Å²) in [6, 6.07) is 13.4. The SMILES string of the molecule is CCc1ccc(-n2cc(C(=O)NCc3ccc(OC)cc3OC)nn2)cc1. The minimum Gasteiger partial charge on any atom is -0.497 e. The van der Waals surface area contributed by atoms with Crippen LogP contribution in [-0.2, 0) is 13.0 Å². The first-order chi connectivity index (χ1) is 13.1. The summed E-state index contributed by atoms with van der Waals surface area (Å²) in [6.45, 7) is 2.41. The second-order valence-electron chi connectivity index (χ2n) is 5.93. The summed E-state index contributed by atoms with van der Waals surface area (Å²) in [5.74, 6) is 1.04. The molecule has 0 aliphatic carbocycles. The second-order valence-corrected chi connectivity index (χ2v) is 5.93. The Bertz CT molecular complexity index is 919. The van der Waals surface area contributed by atoms with Crippen LogP contribution in [0, 0.1) is 0 Å². The first-order valence-corrected chi connectivity index (χ1v) is 8.65. The van der Waals surface area contributed by atoms with Gasteiger partial charge in [0.05, 0.1) is 26.1 Å². The van der Waals surface area contributed by atoms with Crippen LogP contribution >= 0.6 is 0 Å². The molecule has 0 radical (unpaired) electrons. The van der Waals surface area contributed by atoms with E-state index in [0.717, 1.165) is 17.7 Å². The zero-order chi connectivity index (χ0) is 19.2. The van der Waals surface area contributed by atoms with Gasteiger partial charge in [-0.2, -0.15) is 0 Å². The van der Waals surface area contributed by atoms with Gasteiger partial charge in [0.2, 0.25) is 0 Å². The highest BCUT2D eigenvalue weighted by Gasteiger charge is 2.13. The minimum atomic E-state index is -0.302. The highest BCUT2D eigenvalue weighted by Crippen LogP contribution is 2.24. The van der Waals surface area contributed by atoms with Crippen molar-refractivity contribution in [2.24, 2.45) is 0 Å². The maximum atomic E-state index is 12.4. The zero-order valence-electron chi connectivity index (χ0n) is 15.6. The molecule has 7 nitrogen and oxygen atoms in total. The monoisotopic (exact) mass is 366 g/mol. The fourth-order valence-electron chi connectivity index (χ4n) is 2.64. The van der Waals surface area contributed by atoms with Gasteiger partial charge >= 0.3 is 0 Å². The minimum absolute atomic E-state index is 0.252. The van der Waals surface area contributed by atoms with Gasteiger partial charge in [0.1, 0.15) is 11.5 Å². The van der Waals surface area contributed by atoms with Crippen LogP contribution in [0.5, 0.6) is 11.5 Å². The quantitative estimate of drug-likeness (QED) is 0.696. The smallest absolute Gasteiger partial charge is 0.273 e. The lowest BCUT2D eigenvalue weighted by molar-refractivity contribution is 0.0945. The molecule has 0 atom stereocenters. The molecule has 0 fully saturated rings. The van der Waals surface area contributed by atoms with E-state index in [1.165, 1.54) is 5.56 Å². The van der Waals surface area contributed by atoms with E-state index in [1.807, 2.05) is 36.4 Å². The Balaban J connectivity index is 1.67. The van der Waals surface area contributed by atoms with Gasteiger partial charge < -0.3 is 14.8 Å². The van der Waals surface area contributed by atoms with Crippen molar-refractivity contribution in [2.45, 2.75) is 19.9 Å². The largest absolute Gasteiger partial charge is 0.497 e. The average Bonchev–Trinajstić information content (AvgIpc) is 3.22. The standard InChI is InChI=1S/C20H22N4O3/c1-4-14-5-8-16(9-6-14)24-13-18(22-23-24)20(25)21-12-15-7-10-17(26-2)11-19(15)27-3/h5-11,13H,4,12H2,1-3H3,(H,21,25). The molecule has 27 heavy (non-hydrogen) atoms. The topological polar surface area (TPSA) is 78.3 Å². The van der Waals surface area contributed by atoms with Crippen molar-refractivity contribution in [3.8, 4) is 17.2 Å². The summed E-state index contributed by atoms with van der Waals surface area (Å²) in [4.78, 5) is 12.4. The molecule has 3 rings (SSSR count). The molecule has 1 aromatic heterocycles. The van der Waals surface area contributed by atoms with Crippen molar-refractivity contribution >= 4 is 5.91 Å². The van der Waals surface area contributed by atoms with Crippen LogP contribution in [0.25, 0.3) is 5.69 Å². The number of methoxy groups -OCH3 is 2. The molecule has 3 aromatic rings. The zero-order valence-corrected chi connectivity index (χ0v) is 15.6. The number of nitrogens with one attached hydrogen (secondary N) is 1. The number of ether oxygens (including phenoxy) is 2. The maximum absolute atomic E-state index is 12.4. The van der Waals surface area contributed by atoms with E-state index in [-0.39, 0.29) is 11.6 Å². The van der Waals surface area contributed by atoms with Crippen molar-refractivity contribution in [3.63, 3.8) is 0 Å². The van der Waals surface area contributed by atoms with Crippen LogP contribution in [0.2, 0.25) is 0 Å².